The zero-order chi connectivity index (χ0) is 17.5. The number of halogens is 3. The van der Waals surface area contributed by atoms with Gasteiger partial charge in [0.2, 0.25) is 11.9 Å². The Morgan fingerprint density at radius 1 is 1.42 bits per heavy atom. The minimum Gasteiger partial charge on any atom is -0.301 e. The van der Waals surface area contributed by atoms with Gasteiger partial charge in [-0.3, -0.25) is 14.9 Å². The lowest BCUT2D eigenvalue weighted by atomic mass is 10.1. The molecule has 10 heteroatoms. The predicted molar refractivity (Wildman–Crippen MR) is 80.1 cm³/mol. The fraction of sp³-hybridized carbons (Fsp3) is 0.286. The summed E-state index contributed by atoms with van der Waals surface area (Å²) in [6.07, 6.45) is -4.27. The molecule has 2 atom stereocenters. The number of carbonyl (C=O) groups is 1. The standard InChI is InChI=1S/C14H10F3N3O3S/c15-14(16,17)8-3-1-2-7(4-8)10-6-24-13(18-10)19-12(21)9-5-11(9)20(22)23/h1-4,6,9,11H,5H2,(H,18,19,21)/t9-,11+/m1/s1. The predicted octanol–water partition coefficient (Wildman–Crippen LogP) is 3.43. The van der Waals surface area contributed by atoms with Crippen molar-refractivity contribution >= 4 is 22.4 Å². The van der Waals surface area contributed by atoms with E-state index in [1.54, 1.807) is 0 Å². The highest BCUT2D eigenvalue weighted by atomic mass is 32.1. The molecule has 6 nitrogen and oxygen atoms in total. The third kappa shape index (κ3) is 3.37. The van der Waals surface area contributed by atoms with Crippen molar-refractivity contribution < 1.29 is 22.9 Å². The third-order valence-corrected chi connectivity index (χ3v) is 4.34. The first kappa shape index (κ1) is 16.4. The number of amides is 1. The number of benzene rings is 1. The third-order valence-electron chi connectivity index (χ3n) is 3.58. The Morgan fingerprint density at radius 3 is 2.79 bits per heavy atom. The summed E-state index contributed by atoms with van der Waals surface area (Å²) < 4.78 is 38.2. The quantitative estimate of drug-likeness (QED) is 0.671. The molecule has 0 radical (unpaired) electrons. The second-order valence-corrected chi connectivity index (χ2v) is 6.16. The van der Waals surface area contributed by atoms with Crippen LogP contribution in [0.5, 0.6) is 0 Å². The molecule has 0 spiro atoms. The van der Waals surface area contributed by atoms with Crippen molar-refractivity contribution in [2.24, 2.45) is 5.92 Å². The highest BCUT2D eigenvalue weighted by molar-refractivity contribution is 7.14. The van der Waals surface area contributed by atoms with E-state index < -0.39 is 34.5 Å². The first-order valence-electron chi connectivity index (χ1n) is 6.83. The van der Waals surface area contributed by atoms with Gasteiger partial charge in [-0.1, -0.05) is 12.1 Å². The second-order valence-electron chi connectivity index (χ2n) is 5.30. The Hall–Kier alpha value is -2.49. The first-order valence-corrected chi connectivity index (χ1v) is 7.71. The van der Waals surface area contributed by atoms with Crippen LogP contribution in [0.15, 0.2) is 29.6 Å². The lowest BCUT2D eigenvalue weighted by molar-refractivity contribution is -0.497. The van der Waals surface area contributed by atoms with Crippen molar-refractivity contribution in [3.63, 3.8) is 0 Å². The highest BCUT2D eigenvalue weighted by Crippen LogP contribution is 2.35. The fourth-order valence-corrected chi connectivity index (χ4v) is 2.94. The van der Waals surface area contributed by atoms with Crippen molar-refractivity contribution in [1.82, 2.24) is 4.98 Å². The maximum atomic E-state index is 12.7. The van der Waals surface area contributed by atoms with Crippen LogP contribution in [0.4, 0.5) is 18.3 Å². The largest absolute Gasteiger partial charge is 0.416 e. The van der Waals surface area contributed by atoms with Gasteiger partial charge >= 0.3 is 6.18 Å². The number of carbonyl (C=O) groups excluding carboxylic acids is 1. The number of nitrogens with one attached hydrogen (secondary N) is 1. The molecule has 1 N–H and O–H groups in total. The molecule has 0 saturated heterocycles. The Balaban J connectivity index is 1.72. The van der Waals surface area contributed by atoms with Crippen molar-refractivity contribution in [3.05, 3.63) is 45.3 Å². The summed E-state index contributed by atoms with van der Waals surface area (Å²) >= 11 is 1.05. The maximum absolute atomic E-state index is 12.7. The van der Waals surface area contributed by atoms with E-state index in [2.05, 4.69) is 10.3 Å². The van der Waals surface area contributed by atoms with Crippen LogP contribution in [-0.4, -0.2) is 21.9 Å². The number of rotatable bonds is 4. The number of thiazole rings is 1. The first-order chi connectivity index (χ1) is 11.3. The SMILES string of the molecule is O=C(Nc1nc(-c2cccc(C(F)(F)F)c2)cs1)[C@@H]1C[C@@H]1[N+](=O)[O-]. The molecule has 0 bridgehead atoms. The molecule has 1 aliphatic rings. The van der Waals surface area contributed by atoms with Crippen LogP contribution < -0.4 is 5.32 Å². The summed E-state index contributed by atoms with van der Waals surface area (Å²) in [6, 6.07) is 3.84. The van der Waals surface area contributed by atoms with Crippen molar-refractivity contribution in [3.8, 4) is 11.3 Å². The molecule has 2 aromatic rings. The van der Waals surface area contributed by atoms with Crippen molar-refractivity contribution in [2.75, 3.05) is 5.32 Å². The number of nitro groups is 1. The molecular formula is C14H10F3N3O3S. The van der Waals surface area contributed by atoms with Crippen LogP contribution in [0.3, 0.4) is 0 Å². The fourth-order valence-electron chi connectivity index (χ4n) is 2.21. The van der Waals surface area contributed by atoms with Gasteiger partial charge < -0.3 is 5.32 Å². The van der Waals surface area contributed by atoms with E-state index >= 15 is 0 Å². The van der Waals surface area contributed by atoms with Crippen LogP contribution in [0.25, 0.3) is 11.3 Å². The Labute approximate surface area is 137 Å². The summed E-state index contributed by atoms with van der Waals surface area (Å²) in [5.74, 6) is -1.18. The van der Waals surface area contributed by atoms with Crippen LogP contribution in [0.1, 0.15) is 12.0 Å². The van der Waals surface area contributed by atoms with E-state index in [-0.39, 0.29) is 17.1 Å². The van der Waals surface area contributed by atoms with Gasteiger partial charge in [0.25, 0.3) is 0 Å². The van der Waals surface area contributed by atoms with E-state index in [0.29, 0.717) is 5.69 Å². The average molecular weight is 357 g/mol. The normalized spacial score (nSPS) is 19.8. The minimum absolute atomic E-state index is 0.185. The van der Waals surface area contributed by atoms with Gasteiger partial charge in [-0.2, -0.15) is 13.2 Å². The van der Waals surface area contributed by atoms with Crippen LogP contribution in [0.2, 0.25) is 0 Å². The molecule has 126 valence electrons. The molecule has 1 heterocycles. The van der Waals surface area contributed by atoms with Crippen molar-refractivity contribution in [1.29, 1.82) is 0 Å². The molecule has 0 aliphatic heterocycles. The van der Waals surface area contributed by atoms with E-state index in [4.69, 9.17) is 0 Å². The number of alkyl halides is 3. The lowest BCUT2D eigenvalue weighted by Gasteiger charge is -2.07. The monoisotopic (exact) mass is 357 g/mol. The van der Waals surface area contributed by atoms with Gasteiger partial charge in [0.05, 0.1) is 11.3 Å². The molecule has 0 unspecified atom stereocenters. The summed E-state index contributed by atoms with van der Waals surface area (Å²) in [4.78, 5) is 25.9. The summed E-state index contributed by atoms with van der Waals surface area (Å²) in [7, 11) is 0. The number of anilines is 1. The number of hydrogen-bond acceptors (Lipinski definition) is 5. The zero-order valence-corrected chi connectivity index (χ0v) is 12.7. The molecule has 1 aromatic carbocycles. The van der Waals surface area contributed by atoms with Gasteiger partial charge in [0.15, 0.2) is 5.13 Å². The van der Waals surface area contributed by atoms with E-state index in [0.717, 1.165) is 23.5 Å². The van der Waals surface area contributed by atoms with Gasteiger partial charge in [0.1, 0.15) is 5.92 Å². The second kappa shape index (κ2) is 5.86. The number of aromatic nitrogens is 1. The molecule has 3 rings (SSSR count). The molecule has 1 aromatic heterocycles. The smallest absolute Gasteiger partial charge is 0.301 e. The van der Waals surface area contributed by atoms with Crippen molar-refractivity contribution in [2.45, 2.75) is 18.6 Å². The molecule has 1 aliphatic carbocycles. The minimum atomic E-state index is -4.45. The Morgan fingerprint density at radius 2 is 2.17 bits per heavy atom. The Kier molecular flexibility index (Phi) is 3.99. The summed E-state index contributed by atoms with van der Waals surface area (Å²) in [5, 5.41) is 14.7. The molecule has 1 saturated carbocycles. The number of nitrogens with zero attached hydrogens (tertiary/aromatic N) is 2. The number of hydrogen-bond donors (Lipinski definition) is 1. The molecular weight excluding hydrogens is 347 g/mol. The highest BCUT2D eigenvalue weighted by Gasteiger charge is 2.53. The van der Waals surface area contributed by atoms with Gasteiger partial charge in [-0.25, -0.2) is 4.98 Å². The summed E-state index contributed by atoms with van der Waals surface area (Å²) in [6.45, 7) is 0. The lowest BCUT2D eigenvalue weighted by Crippen LogP contribution is -2.18. The van der Waals surface area contributed by atoms with Gasteiger partial charge in [0, 0.05) is 22.3 Å². The summed E-state index contributed by atoms with van der Waals surface area (Å²) in [5.41, 5.74) is -0.218. The average Bonchev–Trinajstić information content (AvgIpc) is 3.20. The van der Waals surface area contributed by atoms with Crippen LogP contribution >= 0.6 is 11.3 Å². The molecule has 1 amide bonds. The van der Waals surface area contributed by atoms with E-state index in [1.807, 2.05) is 0 Å². The van der Waals surface area contributed by atoms with Crippen LogP contribution in [0, 0.1) is 16.0 Å². The zero-order valence-electron chi connectivity index (χ0n) is 11.9. The maximum Gasteiger partial charge on any atom is 0.416 e. The van der Waals surface area contributed by atoms with E-state index in [9.17, 15) is 28.1 Å². The van der Waals surface area contributed by atoms with Gasteiger partial charge in [-0.05, 0) is 12.1 Å². The van der Waals surface area contributed by atoms with Crippen LogP contribution in [-0.2, 0) is 11.0 Å². The van der Waals surface area contributed by atoms with E-state index in [1.165, 1.54) is 17.5 Å². The topological polar surface area (TPSA) is 85.1 Å². The molecule has 1 fully saturated rings. The van der Waals surface area contributed by atoms with Gasteiger partial charge in [-0.15, -0.1) is 11.3 Å². The molecule has 24 heavy (non-hydrogen) atoms. The Bertz CT molecular complexity index is 806.